The van der Waals surface area contributed by atoms with Crippen LogP contribution in [0.25, 0.3) is 16.8 Å². The van der Waals surface area contributed by atoms with Crippen LogP contribution in [0.3, 0.4) is 0 Å². The molecule has 3 aromatic rings. The van der Waals surface area contributed by atoms with E-state index in [2.05, 4.69) is 5.32 Å². The van der Waals surface area contributed by atoms with Crippen molar-refractivity contribution in [3.63, 3.8) is 0 Å². The van der Waals surface area contributed by atoms with E-state index in [0.29, 0.717) is 17.2 Å². The number of benzene rings is 3. The number of hydrogen-bond acceptors (Lipinski definition) is 5. The van der Waals surface area contributed by atoms with Crippen molar-refractivity contribution in [1.82, 2.24) is 0 Å². The number of hydrogen-bond donors (Lipinski definition) is 1. The highest BCUT2D eigenvalue weighted by atomic mass is 16.7. The van der Waals surface area contributed by atoms with Crippen molar-refractivity contribution in [2.45, 2.75) is 13.0 Å². The molecule has 0 aromatic heterocycles. The van der Waals surface area contributed by atoms with Crippen molar-refractivity contribution in [1.29, 1.82) is 0 Å². The monoisotopic (exact) mass is 389 g/mol. The summed E-state index contributed by atoms with van der Waals surface area (Å²) in [5.74, 6) is 0.293. The first kappa shape index (κ1) is 18.6. The van der Waals surface area contributed by atoms with Gasteiger partial charge in [0.05, 0.1) is 0 Å². The quantitative estimate of drug-likeness (QED) is 0.524. The Morgan fingerprint density at radius 1 is 1.03 bits per heavy atom. The molecule has 1 heterocycles. The molecule has 146 valence electrons. The Morgan fingerprint density at radius 3 is 2.72 bits per heavy atom. The zero-order valence-corrected chi connectivity index (χ0v) is 15.8. The Kier molecular flexibility index (Phi) is 5.16. The molecule has 1 N–H and O–H groups in total. The minimum atomic E-state index is -0.942. The Balaban J connectivity index is 1.37. The van der Waals surface area contributed by atoms with Crippen molar-refractivity contribution < 1.29 is 23.8 Å². The summed E-state index contributed by atoms with van der Waals surface area (Å²) in [7, 11) is 0. The number of fused-ring (bicyclic) bond motifs is 2. The first-order chi connectivity index (χ1) is 14.1. The number of carbonyl (C=O) groups is 2. The second-order valence-corrected chi connectivity index (χ2v) is 6.54. The van der Waals surface area contributed by atoms with E-state index >= 15 is 0 Å². The third-order valence-corrected chi connectivity index (χ3v) is 4.52. The fraction of sp³-hybridized carbons (Fsp3) is 0.130. The van der Waals surface area contributed by atoms with Gasteiger partial charge in [0.1, 0.15) is 0 Å². The van der Waals surface area contributed by atoms with Crippen molar-refractivity contribution >= 4 is 34.4 Å². The molecule has 6 nitrogen and oxygen atoms in total. The Bertz CT molecular complexity index is 1100. The lowest BCUT2D eigenvalue weighted by atomic mass is 10.1. The summed E-state index contributed by atoms with van der Waals surface area (Å²) in [6.07, 6.45) is 1.93. The van der Waals surface area contributed by atoms with E-state index in [-0.39, 0.29) is 6.79 Å². The summed E-state index contributed by atoms with van der Waals surface area (Å²) in [6.45, 7) is 1.72. The van der Waals surface area contributed by atoms with Gasteiger partial charge in [-0.3, -0.25) is 4.79 Å². The summed E-state index contributed by atoms with van der Waals surface area (Å²) in [4.78, 5) is 24.5. The van der Waals surface area contributed by atoms with Crippen LogP contribution < -0.4 is 14.8 Å². The highest BCUT2D eigenvalue weighted by Gasteiger charge is 2.18. The van der Waals surface area contributed by atoms with Crippen molar-refractivity contribution in [2.75, 3.05) is 12.1 Å². The second kappa shape index (κ2) is 8.06. The van der Waals surface area contributed by atoms with Crippen LogP contribution >= 0.6 is 0 Å². The average molecular weight is 389 g/mol. The van der Waals surface area contributed by atoms with Crippen LogP contribution in [0.5, 0.6) is 11.5 Å². The van der Waals surface area contributed by atoms with E-state index in [9.17, 15) is 9.59 Å². The summed E-state index contributed by atoms with van der Waals surface area (Å²) in [5, 5.41) is 4.76. The highest BCUT2D eigenvalue weighted by Crippen LogP contribution is 2.32. The Morgan fingerprint density at radius 2 is 1.83 bits per heavy atom. The summed E-state index contributed by atoms with van der Waals surface area (Å²) >= 11 is 0. The van der Waals surface area contributed by atoms with E-state index in [1.54, 1.807) is 24.3 Å². The number of carbonyl (C=O) groups excluding carboxylic acids is 2. The molecule has 1 atom stereocenters. The molecule has 0 saturated heterocycles. The Labute approximate surface area is 167 Å². The molecule has 3 aromatic carbocycles. The largest absolute Gasteiger partial charge is 0.454 e. The van der Waals surface area contributed by atoms with Gasteiger partial charge >= 0.3 is 5.97 Å². The summed E-state index contributed by atoms with van der Waals surface area (Å²) < 4.78 is 15.8. The molecule has 0 spiro atoms. The molecule has 29 heavy (non-hydrogen) atoms. The fourth-order valence-corrected chi connectivity index (χ4v) is 3.02. The fourth-order valence-electron chi connectivity index (χ4n) is 3.02. The van der Waals surface area contributed by atoms with E-state index in [1.807, 2.05) is 42.5 Å². The van der Waals surface area contributed by atoms with Crippen LogP contribution in [0.2, 0.25) is 0 Å². The number of anilines is 1. The van der Waals surface area contributed by atoms with Crippen LogP contribution in [0, 0.1) is 0 Å². The zero-order chi connectivity index (χ0) is 20.2. The molecule has 0 saturated carbocycles. The van der Waals surface area contributed by atoms with Gasteiger partial charge in [-0.15, -0.1) is 0 Å². The van der Waals surface area contributed by atoms with Gasteiger partial charge in [-0.2, -0.15) is 0 Å². The maximum Gasteiger partial charge on any atom is 0.331 e. The smallest absolute Gasteiger partial charge is 0.331 e. The molecule has 0 unspecified atom stereocenters. The highest BCUT2D eigenvalue weighted by molar-refractivity contribution is 6.04. The molecule has 0 radical (unpaired) electrons. The van der Waals surface area contributed by atoms with Crippen LogP contribution in [0.15, 0.2) is 66.7 Å². The minimum absolute atomic E-state index is 0.188. The lowest BCUT2D eigenvalue weighted by molar-refractivity contribution is -0.148. The standard InChI is InChI=1S/C23H19NO5/c1-15(23(26)24-19-8-4-6-17-5-2-3-7-18(17)19)29-22(25)12-10-16-9-11-20-21(13-16)28-14-27-20/h2-13,15H,14H2,1H3,(H,24,26)/b12-10+/t15-/m1/s1. The third kappa shape index (κ3) is 4.21. The zero-order valence-electron chi connectivity index (χ0n) is 15.8. The van der Waals surface area contributed by atoms with Gasteiger partial charge in [0.15, 0.2) is 17.6 Å². The van der Waals surface area contributed by atoms with Crippen molar-refractivity contribution in [2.24, 2.45) is 0 Å². The average Bonchev–Trinajstić information content (AvgIpc) is 3.20. The van der Waals surface area contributed by atoms with E-state index < -0.39 is 18.0 Å². The SMILES string of the molecule is C[C@@H](OC(=O)/C=C/c1ccc2c(c1)OCO2)C(=O)Nc1cccc2ccccc12. The third-order valence-electron chi connectivity index (χ3n) is 4.52. The Hall–Kier alpha value is -3.80. The maximum absolute atomic E-state index is 12.5. The minimum Gasteiger partial charge on any atom is -0.454 e. The molecule has 1 aliphatic rings. The van der Waals surface area contributed by atoms with Crippen LogP contribution in [-0.2, 0) is 14.3 Å². The van der Waals surface area contributed by atoms with Crippen LogP contribution in [0.1, 0.15) is 12.5 Å². The molecule has 4 rings (SSSR count). The van der Waals surface area contributed by atoms with Crippen molar-refractivity contribution in [3.8, 4) is 11.5 Å². The molecular formula is C23H19NO5. The van der Waals surface area contributed by atoms with Gasteiger partial charge in [-0.1, -0.05) is 42.5 Å². The topological polar surface area (TPSA) is 73.9 Å². The molecule has 6 heteroatoms. The lowest BCUT2D eigenvalue weighted by Gasteiger charge is -2.14. The number of amides is 1. The van der Waals surface area contributed by atoms with Gasteiger partial charge in [0.2, 0.25) is 6.79 Å². The van der Waals surface area contributed by atoms with E-state index in [0.717, 1.165) is 16.3 Å². The summed E-state index contributed by atoms with van der Waals surface area (Å²) in [6, 6.07) is 18.7. The van der Waals surface area contributed by atoms with Crippen LogP contribution in [0.4, 0.5) is 5.69 Å². The lowest BCUT2D eigenvalue weighted by Crippen LogP contribution is -2.29. The number of rotatable bonds is 5. The maximum atomic E-state index is 12.5. The van der Waals surface area contributed by atoms with Gasteiger partial charge in [-0.25, -0.2) is 4.79 Å². The molecular weight excluding hydrogens is 370 g/mol. The van der Waals surface area contributed by atoms with Gasteiger partial charge < -0.3 is 19.5 Å². The predicted octanol–water partition coefficient (Wildman–Crippen LogP) is 4.15. The van der Waals surface area contributed by atoms with Gasteiger partial charge in [0.25, 0.3) is 5.91 Å². The molecule has 1 amide bonds. The second-order valence-electron chi connectivity index (χ2n) is 6.54. The molecule has 0 aliphatic carbocycles. The first-order valence-corrected chi connectivity index (χ1v) is 9.17. The van der Waals surface area contributed by atoms with Crippen molar-refractivity contribution in [3.05, 3.63) is 72.3 Å². The van der Waals surface area contributed by atoms with E-state index in [1.165, 1.54) is 13.0 Å². The van der Waals surface area contributed by atoms with Crippen LogP contribution in [-0.4, -0.2) is 24.8 Å². The molecule has 1 aliphatic heterocycles. The van der Waals surface area contributed by atoms with Gasteiger partial charge in [-0.05, 0) is 42.1 Å². The molecule has 0 bridgehead atoms. The molecule has 0 fully saturated rings. The number of nitrogens with one attached hydrogen (secondary N) is 1. The van der Waals surface area contributed by atoms with E-state index in [4.69, 9.17) is 14.2 Å². The number of ether oxygens (including phenoxy) is 3. The number of esters is 1. The predicted molar refractivity (Wildman–Crippen MR) is 110 cm³/mol. The van der Waals surface area contributed by atoms with Gasteiger partial charge in [0, 0.05) is 17.1 Å². The first-order valence-electron chi connectivity index (χ1n) is 9.17. The normalized spacial score (nSPS) is 13.4. The summed E-state index contributed by atoms with van der Waals surface area (Å²) in [5.41, 5.74) is 1.44.